The maximum absolute atomic E-state index is 6.17. The van der Waals surface area contributed by atoms with Crippen LogP contribution in [0.1, 0.15) is 17.8 Å². The van der Waals surface area contributed by atoms with Gasteiger partial charge in [0.05, 0.1) is 19.2 Å². The minimum Gasteiger partial charge on any atom is -0.493 e. The summed E-state index contributed by atoms with van der Waals surface area (Å²) in [4.78, 5) is 4.08. The molecule has 7 heteroatoms. The number of H-pyrrole nitrogens is 1. The van der Waals surface area contributed by atoms with Crippen LogP contribution in [0.15, 0.2) is 18.5 Å². The third kappa shape index (κ3) is 4.34. The lowest BCUT2D eigenvalue weighted by atomic mass is 10.2. The van der Waals surface area contributed by atoms with Gasteiger partial charge in [0.1, 0.15) is 12.2 Å². The Bertz CT molecular complexity index is 560. The average Bonchev–Trinajstić information content (AvgIpc) is 2.99. The van der Waals surface area contributed by atoms with Crippen molar-refractivity contribution in [3.63, 3.8) is 0 Å². The number of halogens is 1. The van der Waals surface area contributed by atoms with Crippen molar-refractivity contribution in [1.29, 1.82) is 0 Å². The Balaban J connectivity index is 1.81. The smallest absolute Gasteiger partial charge is 0.179 e. The van der Waals surface area contributed by atoms with Crippen molar-refractivity contribution in [2.24, 2.45) is 0 Å². The zero-order valence-electron chi connectivity index (χ0n) is 12.1. The molecule has 1 aromatic carbocycles. The van der Waals surface area contributed by atoms with Gasteiger partial charge in [0.15, 0.2) is 11.5 Å². The van der Waals surface area contributed by atoms with E-state index in [1.807, 2.05) is 12.1 Å². The van der Waals surface area contributed by atoms with E-state index in [9.17, 15) is 0 Å². The van der Waals surface area contributed by atoms with Crippen molar-refractivity contribution < 1.29 is 9.47 Å². The van der Waals surface area contributed by atoms with E-state index in [2.05, 4.69) is 20.5 Å². The standard InChI is InChI=1S/C14H19ClN4O2/c1-20-12-7-10(6-11(15)14(12)21-2)8-16-5-3-4-13-17-9-18-19-13/h6-7,9,16H,3-5,8H2,1-2H3,(H,17,18,19). The lowest BCUT2D eigenvalue weighted by Gasteiger charge is -2.12. The maximum atomic E-state index is 6.17. The molecule has 2 N–H and O–H groups in total. The molecule has 0 fully saturated rings. The Labute approximate surface area is 128 Å². The Hall–Kier alpha value is -1.79. The van der Waals surface area contributed by atoms with E-state index >= 15 is 0 Å². The lowest BCUT2D eigenvalue weighted by Crippen LogP contribution is -2.15. The van der Waals surface area contributed by atoms with Crippen molar-refractivity contribution in [3.05, 3.63) is 34.9 Å². The number of methoxy groups -OCH3 is 2. The van der Waals surface area contributed by atoms with Crippen LogP contribution in [0.5, 0.6) is 11.5 Å². The molecular weight excluding hydrogens is 292 g/mol. The van der Waals surface area contributed by atoms with Crippen molar-refractivity contribution in [2.45, 2.75) is 19.4 Å². The molecule has 0 aliphatic heterocycles. The number of nitrogens with zero attached hydrogens (tertiary/aromatic N) is 2. The topological polar surface area (TPSA) is 72.1 Å². The summed E-state index contributed by atoms with van der Waals surface area (Å²) in [7, 11) is 3.17. The largest absolute Gasteiger partial charge is 0.493 e. The molecule has 0 unspecified atom stereocenters. The molecule has 1 heterocycles. The van der Waals surface area contributed by atoms with E-state index in [1.54, 1.807) is 14.2 Å². The van der Waals surface area contributed by atoms with Gasteiger partial charge >= 0.3 is 0 Å². The van der Waals surface area contributed by atoms with Crippen molar-refractivity contribution in [1.82, 2.24) is 20.5 Å². The molecule has 114 valence electrons. The maximum Gasteiger partial charge on any atom is 0.179 e. The number of hydrogen-bond acceptors (Lipinski definition) is 5. The molecule has 0 spiro atoms. The molecule has 2 aromatic rings. The summed E-state index contributed by atoms with van der Waals surface area (Å²) in [5, 5.41) is 10.6. The highest BCUT2D eigenvalue weighted by Crippen LogP contribution is 2.35. The molecule has 0 amide bonds. The number of rotatable bonds is 8. The third-order valence-corrected chi connectivity index (χ3v) is 3.34. The van der Waals surface area contributed by atoms with Crippen molar-refractivity contribution in [2.75, 3.05) is 20.8 Å². The summed E-state index contributed by atoms with van der Waals surface area (Å²) in [5.41, 5.74) is 1.05. The molecule has 21 heavy (non-hydrogen) atoms. The normalized spacial score (nSPS) is 10.6. The second-order valence-electron chi connectivity index (χ2n) is 4.53. The summed E-state index contributed by atoms with van der Waals surface area (Å²) < 4.78 is 10.5. The van der Waals surface area contributed by atoms with E-state index in [0.29, 0.717) is 16.5 Å². The molecule has 1 aromatic heterocycles. The highest BCUT2D eigenvalue weighted by molar-refractivity contribution is 6.32. The SMILES string of the molecule is COc1cc(CNCCCc2ncn[nH]2)cc(Cl)c1OC. The van der Waals surface area contributed by atoms with Crippen LogP contribution in [0.3, 0.4) is 0 Å². The number of ether oxygens (including phenoxy) is 2. The van der Waals surface area contributed by atoms with Crippen molar-refractivity contribution >= 4 is 11.6 Å². The fourth-order valence-corrected chi connectivity index (χ4v) is 2.35. The third-order valence-electron chi connectivity index (χ3n) is 3.05. The van der Waals surface area contributed by atoms with Crippen LogP contribution in [0.4, 0.5) is 0 Å². The van der Waals surface area contributed by atoms with Gasteiger partial charge in [-0.05, 0) is 30.7 Å². The average molecular weight is 311 g/mol. The van der Waals surface area contributed by atoms with E-state index in [1.165, 1.54) is 6.33 Å². The highest BCUT2D eigenvalue weighted by Gasteiger charge is 2.10. The molecule has 0 bridgehead atoms. The van der Waals surface area contributed by atoms with Crippen LogP contribution in [0, 0.1) is 0 Å². The van der Waals surface area contributed by atoms with Crippen LogP contribution >= 0.6 is 11.6 Å². The minimum absolute atomic E-state index is 0.551. The first-order valence-electron chi connectivity index (χ1n) is 6.70. The van der Waals surface area contributed by atoms with Crippen LogP contribution in [0.2, 0.25) is 5.02 Å². The highest BCUT2D eigenvalue weighted by atomic mass is 35.5. The summed E-state index contributed by atoms with van der Waals surface area (Å²) in [5.74, 6) is 2.11. The van der Waals surface area contributed by atoms with Gasteiger partial charge in [-0.15, -0.1) is 0 Å². The molecule has 2 rings (SSSR count). The Morgan fingerprint density at radius 2 is 2.14 bits per heavy atom. The first kappa shape index (κ1) is 15.6. The first-order chi connectivity index (χ1) is 10.2. The van der Waals surface area contributed by atoms with Gasteiger partial charge in [-0.2, -0.15) is 5.10 Å². The van der Waals surface area contributed by atoms with Crippen LogP contribution < -0.4 is 14.8 Å². The monoisotopic (exact) mass is 310 g/mol. The van der Waals surface area contributed by atoms with E-state index in [4.69, 9.17) is 21.1 Å². The van der Waals surface area contributed by atoms with Gasteiger partial charge in [0.25, 0.3) is 0 Å². The first-order valence-corrected chi connectivity index (χ1v) is 7.07. The number of nitrogens with one attached hydrogen (secondary N) is 2. The molecule has 6 nitrogen and oxygen atoms in total. The molecule has 0 radical (unpaired) electrons. The molecule has 0 aliphatic rings. The summed E-state index contributed by atoms with van der Waals surface area (Å²) >= 11 is 6.17. The molecule has 0 saturated heterocycles. The van der Waals surface area contributed by atoms with Gasteiger partial charge in [-0.1, -0.05) is 11.6 Å². The second-order valence-corrected chi connectivity index (χ2v) is 4.93. The summed E-state index contributed by atoms with van der Waals surface area (Å²) in [6.45, 7) is 1.60. The summed E-state index contributed by atoms with van der Waals surface area (Å²) in [6.07, 6.45) is 3.38. The molecule has 0 aliphatic carbocycles. The summed E-state index contributed by atoms with van der Waals surface area (Å²) in [6, 6.07) is 3.81. The molecular formula is C14H19ClN4O2. The molecule has 0 saturated carbocycles. The zero-order chi connectivity index (χ0) is 15.1. The zero-order valence-corrected chi connectivity index (χ0v) is 12.9. The number of aryl methyl sites for hydroxylation is 1. The van der Waals surface area contributed by atoms with E-state index in [-0.39, 0.29) is 0 Å². The predicted molar refractivity (Wildman–Crippen MR) is 81.0 cm³/mol. The van der Waals surface area contributed by atoms with Crippen LogP contribution in [0.25, 0.3) is 0 Å². The second kappa shape index (κ2) is 7.85. The fourth-order valence-electron chi connectivity index (χ4n) is 2.04. The Morgan fingerprint density at radius 3 is 2.81 bits per heavy atom. The number of aromatic nitrogens is 3. The Morgan fingerprint density at radius 1 is 1.29 bits per heavy atom. The quantitative estimate of drug-likeness (QED) is 0.731. The number of benzene rings is 1. The van der Waals surface area contributed by atoms with E-state index in [0.717, 1.165) is 37.3 Å². The van der Waals surface area contributed by atoms with Gasteiger partial charge < -0.3 is 14.8 Å². The van der Waals surface area contributed by atoms with Crippen LogP contribution in [-0.2, 0) is 13.0 Å². The number of aromatic amines is 1. The predicted octanol–water partition coefficient (Wildman–Crippen LogP) is 2.20. The van der Waals surface area contributed by atoms with Gasteiger partial charge in [0.2, 0.25) is 0 Å². The Kier molecular flexibility index (Phi) is 5.83. The lowest BCUT2D eigenvalue weighted by molar-refractivity contribution is 0.354. The van der Waals surface area contributed by atoms with Gasteiger partial charge in [0, 0.05) is 13.0 Å². The molecule has 0 atom stereocenters. The number of hydrogen-bond donors (Lipinski definition) is 2. The fraction of sp³-hybridized carbons (Fsp3) is 0.429. The van der Waals surface area contributed by atoms with E-state index < -0.39 is 0 Å². The van der Waals surface area contributed by atoms with Gasteiger partial charge in [-0.25, -0.2) is 4.98 Å². The van der Waals surface area contributed by atoms with Crippen LogP contribution in [-0.4, -0.2) is 35.9 Å². The minimum atomic E-state index is 0.551. The van der Waals surface area contributed by atoms with Gasteiger partial charge in [-0.3, -0.25) is 5.10 Å². The van der Waals surface area contributed by atoms with Crippen molar-refractivity contribution in [3.8, 4) is 11.5 Å².